The molecule has 0 bridgehead atoms. The first kappa shape index (κ1) is 17.1. The Balaban J connectivity index is 1.78. The van der Waals surface area contributed by atoms with E-state index in [1.807, 2.05) is 36.8 Å². The number of aliphatic hydroxyl groups excluding tert-OH is 1. The molecular formula is C19H27BN2O2. The SMILES string of the molecule is Bc1cccc2c1c(C(=O)NCC1CCCCCC1)cn2CCO. The van der Waals surface area contributed by atoms with Crippen molar-refractivity contribution in [2.24, 2.45) is 5.92 Å². The van der Waals surface area contributed by atoms with E-state index in [9.17, 15) is 9.90 Å². The van der Waals surface area contributed by atoms with Crippen molar-refractivity contribution in [3.63, 3.8) is 0 Å². The molecule has 24 heavy (non-hydrogen) atoms. The first-order valence-electron chi connectivity index (χ1n) is 9.18. The van der Waals surface area contributed by atoms with E-state index in [4.69, 9.17) is 0 Å². The number of hydrogen-bond donors (Lipinski definition) is 2. The number of carbonyl (C=O) groups excluding carboxylic acids is 1. The number of nitrogens with zero attached hydrogens (tertiary/aromatic N) is 1. The molecule has 1 heterocycles. The van der Waals surface area contributed by atoms with Crippen LogP contribution in [0, 0.1) is 5.92 Å². The minimum atomic E-state index is 0.00948. The van der Waals surface area contributed by atoms with Crippen molar-refractivity contribution in [1.29, 1.82) is 0 Å². The lowest BCUT2D eigenvalue weighted by Gasteiger charge is -2.14. The van der Waals surface area contributed by atoms with E-state index in [-0.39, 0.29) is 12.5 Å². The Labute approximate surface area is 144 Å². The number of nitrogens with one attached hydrogen (secondary N) is 1. The van der Waals surface area contributed by atoms with E-state index >= 15 is 0 Å². The molecule has 0 radical (unpaired) electrons. The number of carbonyl (C=O) groups is 1. The summed E-state index contributed by atoms with van der Waals surface area (Å²) < 4.78 is 1.98. The summed E-state index contributed by atoms with van der Waals surface area (Å²) in [5, 5.41) is 13.4. The first-order valence-corrected chi connectivity index (χ1v) is 9.18. The van der Waals surface area contributed by atoms with Crippen LogP contribution in [-0.2, 0) is 6.54 Å². The van der Waals surface area contributed by atoms with E-state index in [2.05, 4.69) is 5.32 Å². The topological polar surface area (TPSA) is 54.3 Å². The van der Waals surface area contributed by atoms with Gasteiger partial charge in [0.25, 0.3) is 5.91 Å². The first-order chi connectivity index (χ1) is 11.7. The molecule has 1 aliphatic carbocycles. The highest BCUT2D eigenvalue weighted by atomic mass is 16.3. The van der Waals surface area contributed by atoms with Crippen LogP contribution in [-0.4, -0.2) is 36.6 Å². The van der Waals surface area contributed by atoms with E-state index in [1.54, 1.807) is 0 Å². The van der Waals surface area contributed by atoms with Crippen molar-refractivity contribution in [1.82, 2.24) is 9.88 Å². The average Bonchev–Trinajstić information content (AvgIpc) is 2.77. The van der Waals surface area contributed by atoms with Crippen LogP contribution in [0.5, 0.6) is 0 Å². The fourth-order valence-corrected chi connectivity index (χ4v) is 3.90. The number of aliphatic hydroxyl groups is 1. The maximum Gasteiger partial charge on any atom is 0.253 e. The van der Waals surface area contributed by atoms with Crippen LogP contribution in [0.3, 0.4) is 0 Å². The number of rotatable bonds is 5. The zero-order valence-corrected chi connectivity index (χ0v) is 14.6. The van der Waals surface area contributed by atoms with Crippen molar-refractivity contribution in [2.45, 2.75) is 45.1 Å². The van der Waals surface area contributed by atoms with E-state index in [0.717, 1.165) is 28.5 Å². The van der Waals surface area contributed by atoms with Gasteiger partial charge in [-0.2, -0.15) is 0 Å². The van der Waals surface area contributed by atoms with Gasteiger partial charge in [0.2, 0.25) is 0 Å². The Bertz CT molecular complexity index is 703. The monoisotopic (exact) mass is 326 g/mol. The highest BCUT2D eigenvalue weighted by molar-refractivity contribution is 6.40. The van der Waals surface area contributed by atoms with Gasteiger partial charge in [0, 0.05) is 30.2 Å². The van der Waals surface area contributed by atoms with Crippen LogP contribution in [0.15, 0.2) is 24.4 Å². The van der Waals surface area contributed by atoms with Gasteiger partial charge in [0.15, 0.2) is 0 Å². The molecule has 1 aliphatic rings. The molecule has 1 aromatic carbocycles. The summed E-state index contributed by atoms with van der Waals surface area (Å²) in [5.41, 5.74) is 2.85. The van der Waals surface area contributed by atoms with Gasteiger partial charge in [-0.25, -0.2) is 0 Å². The number of hydrogen-bond acceptors (Lipinski definition) is 2. The Morgan fingerprint density at radius 2 is 2.00 bits per heavy atom. The highest BCUT2D eigenvalue weighted by Crippen LogP contribution is 2.23. The number of aromatic nitrogens is 1. The summed E-state index contributed by atoms with van der Waals surface area (Å²) in [7, 11) is 2.04. The number of amides is 1. The third-order valence-corrected chi connectivity index (χ3v) is 5.23. The second kappa shape index (κ2) is 7.89. The Kier molecular flexibility index (Phi) is 5.61. The Morgan fingerprint density at radius 3 is 2.71 bits per heavy atom. The lowest BCUT2D eigenvalue weighted by molar-refractivity contribution is 0.0947. The summed E-state index contributed by atoms with van der Waals surface area (Å²) in [4.78, 5) is 12.8. The van der Waals surface area contributed by atoms with Gasteiger partial charge >= 0.3 is 0 Å². The molecule has 2 N–H and O–H groups in total. The summed E-state index contributed by atoms with van der Waals surface area (Å²) in [5.74, 6) is 0.624. The molecule has 3 rings (SSSR count). The Morgan fingerprint density at radius 1 is 1.25 bits per heavy atom. The van der Waals surface area contributed by atoms with Crippen LogP contribution < -0.4 is 10.8 Å². The maximum absolute atomic E-state index is 12.8. The van der Waals surface area contributed by atoms with Gasteiger partial charge in [-0.3, -0.25) is 4.79 Å². The van der Waals surface area contributed by atoms with Crippen LogP contribution in [0.2, 0.25) is 0 Å². The quantitative estimate of drug-likeness (QED) is 0.648. The van der Waals surface area contributed by atoms with Crippen molar-refractivity contribution < 1.29 is 9.90 Å². The third kappa shape index (κ3) is 3.67. The molecule has 1 amide bonds. The predicted octanol–water partition coefficient (Wildman–Crippen LogP) is 1.59. The zero-order chi connectivity index (χ0) is 16.9. The molecule has 1 aromatic heterocycles. The van der Waals surface area contributed by atoms with Gasteiger partial charge in [-0.15, -0.1) is 0 Å². The van der Waals surface area contributed by atoms with Crippen LogP contribution in [0.25, 0.3) is 10.9 Å². The lowest BCUT2D eigenvalue weighted by Crippen LogP contribution is -2.29. The summed E-state index contributed by atoms with van der Waals surface area (Å²) in [6, 6.07) is 6.05. The summed E-state index contributed by atoms with van der Waals surface area (Å²) >= 11 is 0. The van der Waals surface area contributed by atoms with E-state index < -0.39 is 0 Å². The van der Waals surface area contributed by atoms with Gasteiger partial charge in [-0.05, 0) is 24.8 Å². The fourth-order valence-electron chi connectivity index (χ4n) is 3.90. The lowest BCUT2D eigenvalue weighted by atomic mass is 9.90. The van der Waals surface area contributed by atoms with E-state index in [1.165, 1.54) is 38.5 Å². The second-order valence-electron chi connectivity index (χ2n) is 7.00. The smallest absolute Gasteiger partial charge is 0.253 e. The molecule has 1 saturated carbocycles. The van der Waals surface area contributed by atoms with Crippen LogP contribution in [0.4, 0.5) is 0 Å². The molecule has 0 atom stereocenters. The minimum Gasteiger partial charge on any atom is -0.395 e. The van der Waals surface area contributed by atoms with Crippen molar-refractivity contribution in [2.75, 3.05) is 13.2 Å². The maximum atomic E-state index is 12.8. The van der Waals surface area contributed by atoms with Gasteiger partial charge in [-0.1, -0.05) is 43.3 Å². The molecule has 4 nitrogen and oxygen atoms in total. The standard InChI is InChI=1S/C19H27BN2O2/c20-16-8-5-9-17-18(16)15(13-22(17)10-11-23)19(24)21-12-14-6-3-1-2-4-7-14/h5,8-9,13-14,23H,1-4,6-7,10-12,20H2,(H,21,24). The molecule has 128 valence electrons. The van der Waals surface area contributed by atoms with E-state index in [0.29, 0.717) is 12.5 Å². The minimum absolute atomic E-state index is 0.00948. The van der Waals surface area contributed by atoms with Gasteiger partial charge < -0.3 is 15.0 Å². The van der Waals surface area contributed by atoms with Crippen molar-refractivity contribution in [3.8, 4) is 0 Å². The predicted molar refractivity (Wildman–Crippen MR) is 101 cm³/mol. The molecule has 0 spiro atoms. The fraction of sp³-hybridized carbons (Fsp3) is 0.526. The van der Waals surface area contributed by atoms with Crippen molar-refractivity contribution in [3.05, 3.63) is 30.0 Å². The zero-order valence-electron chi connectivity index (χ0n) is 14.6. The summed E-state index contributed by atoms with van der Waals surface area (Å²) in [6.45, 7) is 1.36. The molecular weight excluding hydrogens is 299 g/mol. The van der Waals surface area contributed by atoms with Crippen molar-refractivity contribution >= 4 is 30.1 Å². The normalized spacial score (nSPS) is 16.2. The third-order valence-electron chi connectivity index (χ3n) is 5.23. The second-order valence-corrected chi connectivity index (χ2v) is 7.00. The highest BCUT2D eigenvalue weighted by Gasteiger charge is 2.18. The molecule has 1 fully saturated rings. The number of fused-ring (bicyclic) bond motifs is 1. The molecule has 5 heteroatoms. The Hall–Kier alpha value is -1.75. The molecule has 0 aliphatic heterocycles. The van der Waals surface area contributed by atoms with Gasteiger partial charge in [0.05, 0.1) is 12.2 Å². The van der Waals surface area contributed by atoms with Crippen LogP contribution >= 0.6 is 0 Å². The van der Waals surface area contributed by atoms with Crippen LogP contribution in [0.1, 0.15) is 48.9 Å². The number of benzene rings is 1. The largest absolute Gasteiger partial charge is 0.395 e. The molecule has 2 aromatic rings. The molecule has 0 unspecified atom stereocenters. The van der Waals surface area contributed by atoms with Gasteiger partial charge in [0.1, 0.15) is 7.85 Å². The summed E-state index contributed by atoms with van der Waals surface area (Å²) in [6.07, 6.45) is 9.58. The molecule has 0 saturated heterocycles. The average molecular weight is 326 g/mol.